The van der Waals surface area contributed by atoms with E-state index < -0.39 is 10.0 Å². The van der Waals surface area contributed by atoms with Crippen molar-refractivity contribution >= 4 is 27.3 Å². The Morgan fingerprint density at radius 2 is 2.17 bits per heavy atom. The van der Waals surface area contributed by atoms with Gasteiger partial charge >= 0.3 is 0 Å². The van der Waals surface area contributed by atoms with Crippen LogP contribution in [0.3, 0.4) is 0 Å². The van der Waals surface area contributed by atoms with Crippen LogP contribution >= 0.6 is 0 Å². The largest absolute Gasteiger partial charge is 0.494 e. The quantitative estimate of drug-likeness (QED) is 0.749. The standard InChI is InChI=1S/C16H22N2O4S/c1-3-23(20,21)18-14-9-8-13(11-15(14)22-2)17-16(19)10-12-6-4-5-7-12/h4,6,8-9,11-12,18H,3,5,7,10H2,1-2H3,(H,17,19)/t12-/m0/s1. The molecule has 0 spiro atoms. The molecule has 7 heteroatoms. The molecule has 0 aliphatic heterocycles. The van der Waals surface area contributed by atoms with E-state index in [-0.39, 0.29) is 11.7 Å². The van der Waals surface area contributed by atoms with E-state index in [0.717, 1.165) is 12.8 Å². The van der Waals surface area contributed by atoms with Crippen LogP contribution in [0.15, 0.2) is 30.4 Å². The summed E-state index contributed by atoms with van der Waals surface area (Å²) in [5.41, 5.74) is 0.930. The van der Waals surface area contributed by atoms with Crippen LogP contribution in [0.5, 0.6) is 5.75 Å². The number of anilines is 2. The molecule has 0 heterocycles. The minimum absolute atomic E-state index is 0.0243. The summed E-state index contributed by atoms with van der Waals surface area (Å²) >= 11 is 0. The van der Waals surface area contributed by atoms with E-state index >= 15 is 0 Å². The van der Waals surface area contributed by atoms with Gasteiger partial charge in [0.15, 0.2) is 0 Å². The third kappa shape index (κ3) is 4.99. The second-order valence-corrected chi connectivity index (χ2v) is 7.45. The fourth-order valence-corrected chi connectivity index (χ4v) is 3.06. The van der Waals surface area contributed by atoms with Crippen molar-refractivity contribution in [1.29, 1.82) is 0 Å². The first-order valence-corrected chi connectivity index (χ1v) is 9.24. The summed E-state index contributed by atoms with van der Waals surface area (Å²) in [5.74, 6) is 0.572. The van der Waals surface area contributed by atoms with Crippen molar-refractivity contribution in [3.63, 3.8) is 0 Å². The molecule has 23 heavy (non-hydrogen) atoms. The molecule has 0 saturated heterocycles. The number of nitrogens with one attached hydrogen (secondary N) is 2. The average Bonchev–Trinajstić information content (AvgIpc) is 3.01. The van der Waals surface area contributed by atoms with Crippen LogP contribution in [-0.2, 0) is 14.8 Å². The van der Waals surface area contributed by atoms with E-state index in [1.807, 2.05) is 0 Å². The van der Waals surface area contributed by atoms with Gasteiger partial charge in [-0.2, -0.15) is 0 Å². The first-order chi connectivity index (χ1) is 10.9. The molecular formula is C16H22N2O4S. The Labute approximate surface area is 137 Å². The molecule has 1 aromatic carbocycles. The number of rotatable bonds is 7. The SMILES string of the molecule is CCS(=O)(=O)Nc1ccc(NC(=O)C[C@H]2C=CCC2)cc1OC. The molecule has 1 aliphatic carbocycles. The smallest absolute Gasteiger partial charge is 0.232 e. The first-order valence-electron chi connectivity index (χ1n) is 7.58. The van der Waals surface area contributed by atoms with Crippen LogP contribution in [0, 0.1) is 5.92 Å². The molecule has 2 N–H and O–H groups in total. The highest BCUT2D eigenvalue weighted by Gasteiger charge is 2.15. The molecule has 1 atom stereocenters. The highest BCUT2D eigenvalue weighted by molar-refractivity contribution is 7.92. The monoisotopic (exact) mass is 338 g/mol. The van der Waals surface area contributed by atoms with Gasteiger partial charge < -0.3 is 10.1 Å². The lowest BCUT2D eigenvalue weighted by Crippen LogP contribution is -2.16. The number of ether oxygens (including phenoxy) is 1. The summed E-state index contributed by atoms with van der Waals surface area (Å²) in [6, 6.07) is 4.84. The van der Waals surface area contributed by atoms with Crippen molar-refractivity contribution < 1.29 is 17.9 Å². The van der Waals surface area contributed by atoms with Crippen LogP contribution in [0.25, 0.3) is 0 Å². The van der Waals surface area contributed by atoms with Crippen molar-refractivity contribution in [1.82, 2.24) is 0 Å². The lowest BCUT2D eigenvalue weighted by atomic mass is 10.1. The average molecular weight is 338 g/mol. The summed E-state index contributed by atoms with van der Waals surface area (Å²) in [5, 5.41) is 2.82. The Balaban J connectivity index is 2.06. The Morgan fingerprint density at radius 1 is 1.39 bits per heavy atom. The van der Waals surface area contributed by atoms with Crippen molar-refractivity contribution in [2.45, 2.75) is 26.2 Å². The number of carbonyl (C=O) groups excluding carboxylic acids is 1. The summed E-state index contributed by atoms with van der Waals surface area (Å²) in [6.07, 6.45) is 6.65. The third-order valence-corrected chi connectivity index (χ3v) is 4.98. The van der Waals surface area contributed by atoms with Crippen molar-refractivity contribution in [3.05, 3.63) is 30.4 Å². The maximum atomic E-state index is 12.0. The molecule has 0 saturated carbocycles. The van der Waals surface area contributed by atoms with Gasteiger partial charge in [-0.3, -0.25) is 9.52 Å². The molecule has 0 unspecified atom stereocenters. The minimum Gasteiger partial charge on any atom is -0.494 e. The topological polar surface area (TPSA) is 84.5 Å². The van der Waals surface area contributed by atoms with E-state index in [4.69, 9.17) is 4.74 Å². The van der Waals surface area contributed by atoms with Crippen LogP contribution < -0.4 is 14.8 Å². The zero-order chi connectivity index (χ0) is 16.9. The molecular weight excluding hydrogens is 316 g/mol. The van der Waals surface area contributed by atoms with Gasteiger partial charge in [-0.25, -0.2) is 8.42 Å². The van der Waals surface area contributed by atoms with Gasteiger partial charge in [0.05, 0.1) is 18.6 Å². The number of methoxy groups -OCH3 is 1. The molecule has 1 amide bonds. The number of carbonyl (C=O) groups is 1. The highest BCUT2D eigenvalue weighted by atomic mass is 32.2. The predicted molar refractivity (Wildman–Crippen MR) is 91.2 cm³/mol. The number of amides is 1. The summed E-state index contributed by atoms with van der Waals surface area (Å²) in [6.45, 7) is 1.56. The first kappa shape index (κ1) is 17.3. The molecule has 1 aliphatic rings. The Morgan fingerprint density at radius 3 is 2.78 bits per heavy atom. The predicted octanol–water partition coefficient (Wildman–Crippen LogP) is 2.75. The fraction of sp³-hybridized carbons (Fsp3) is 0.438. The minimum atomic E-state index is -3.38. The van der Waals surface area contributed by atoms with Gasteiger partial charge in [-0.05, 0) is 37.8 Å². The van der Waals surface area contributed by atoms with Gasteiger partial charge in [-0.1, -0.05) is 12.2 Å². The van der Waals surface area contributed by atoms with Crippen molar-refractivity contribution in [2.24, 2.45) is 5.92 Å². The Kier molecular flexibility index (Phi) is 5.65. The maximum absolute atomic E-state index is 12.0. The second-order valence-electron chi connectivity index (χ2n) is 5.44. The maximum Gasteiger partial charge on any atom is 0.232 e. The van der Waals surface area contributed by atoms with Gasteiger partial charge in [0, 0.05) is 18.2 Å². The Bertz CT molecular complexity index is 698. The number of hydrogen-bond acceptors (Lipinski definition) is 4. The van der Waals surface area contributed by atoms with Crippen LogP contribution in [0.1, 0.15) is 26.2 Å². The molecule has 1 aromatic rings. The fourth-order valence-electron chi connectivity index (χ4n) is 2.41. The van der Waals surface area contributed by atoms with E-state index in [2.05, 4.69) is 22.2 Å². The van der Waals surface area contributed by atoms with Gasteiger partial charge in [0.1, 0.15) is 5.75 Å². The number of sulfonamides is 1. The van der Waals surface area contributed by atoms with Crippen molar-refractivity contribution in [3.8, 4) is 5.75 Å². The molecule has 0 bridgehead atoms. The third-order valence-electron chi connectivity index (χ3n) is 3.69. The number of hydrogen-bond donors (Lipinski definition) is 2. The Hall–Kier alpha value is -2.02. The van der Waals surface area contributed by atoms with Gasteiger partial charge in [-0.15, -0.1) is 0 Å². The number of allylic oxidation sites excluding steroid dienone is 2. The summed E-state index contributed by atoms with van der Waals surface area (Å²) in [4.78, 5) is 12.0. The van der Waals surface area contributed by atoms with E-state index in [0.29, 0.717) is 29.5 Å². The van der Waals surface area contributed by atoms with Crippen LogP contribution in [0.2, 0.25) is 0 Å². The number of benzene rings is 1. The highest BCUT2D eigenvalue weighted by Crippen LogP contribution is 2.29. The molecule has 0 aromatic heterocycles. The normalized spacial score (nSPS) is 17.0. The summed E-state index contributed by atoms with van der Waals surface area (Å²) in [7, 11) is -1.93. The van der Waals surface area contributed by atoms with E-state index in [9.17, 15) is 13.2 Å². The van der Waals surface area contributed by atoms with Crippen LogP contribution in [0.4, 0.5) is 11.4 Å². The molecule has 6 nitrogen and oxygen atoms in total. The molecule has 0 fully saturated rings. The lowest BCUT2D eigenvalue weighted by molar-refractivity contribution is -0.116. The zero-order valence-corrected chi connectivity index (χ0v) is 14.2. The van der Waals surface area contributed by atoms with Gasteiger partial charge in [0.2, 0.25) is 15.9 Å². The molecule has 126 valence electrons. The van der Waals surface area contributed by atoms with Crippen molar-refractivity contribution in [2.75, 3.05) is 22.9 Å². The van der Waals surface area contributed by atoms with E-state index in [1.165, 1.54) is 7.11 Å². The molecule has 0 radical (unpaired) electrons. The second kappa shape index (κ2) is 7.50. The zero-order valence-electron chi connectivity index (χ0n) is 13.3. The summed E-state index contributed by atoms with van der Waals surface area (Å²) < 4.78 is 31.0. The van der Waals surface area contributed by atoms with E-state index in [1.54, 1.807) is 25.1 Å². The lowest BCUT2D eigenvalue weighted by Gasteiger charge is -2.13. The van der Waals surface area contributed by atoms with Crippen LogP contribution in [-0.4, -0.2) is 27.2 Å². The molecule has 2 rings (SSSR count). The van der Waals surface area contributed by atoms with Gasteiger partial charge in [0.25, 0.3) is 0 Å².